The summed E-state index contributed by atoms with van der Waals surface area (Å²) in [5, 5.41) is 8.37. The van der Waals surface area contributed by atoms with Crippen LogP contribution in [0, 0.1) is 0 Å². The third kappa shape index (κ3) is 2.34. The van der Waals surface area contributed by atoms with Crippen molar-refractivity contribution >= 4 is 11.8 Å². The van der Waals surface area contributed by atoms with E-state index in [1.54, 1.807) is 18.2 Å². The van der Waals surface area contributed by atoms with Gasteiger partial charge in [-0.25, -0.2) is 0 Å². The summed E-state index contributed by atoms with van der Waals surface area (Å²) >= 11 is 0. The SMILES string of the molecule is O=C(O)CCC1=CC=CCC1=O. The van der Waals surface area contributed by atoms with Gasteiger partial charge in [-0.1, -0.05) is 18.2 Å². The summed E-state index contributed by atoms with van der Waals surface area (Å²) in [5.74, 6) is -0.822. The molecule has 0 saturated carbocycles. The maximum atomic E-state index is 11.1. The molecule has 0 unspecified atom stereocenters. The number of Topliss-reactive ketones (excluding diaryl/α,β-unsaturated/α-hetero) is 1. The Balaban J connectivity index is 2.50. The Morgan fingerprint density at radius 1 is 1.58 bits per heavy atom. The van der Waals surface area contributed by atoms with Crippen LogP contribution < -0.4 is 0 Å². The lowest BCUT2D eigenvalue weighted by atomic mass is 9.99. The summed E-state index contributed by atoms with van der Waals surface area (Å²) in [7, 11) is 0. The van der Waals surface area contributed by atoms with Crippen molar-refractivity contribution in [3.63, 3.8) is 0 Å². The number of hydrogen-bond acceptors (Lipinski definition) is 2. The summed E-state index contributed by atoms with van der Waals surface area (Å²) in [6.07, 6.45) is 6.04. The lowest BCUT2D eigenvalue weighted by Crippen LogP contribution is -2.06. The molecule has 12 heavy (non-hydrogen) atoms. The molecule has 0 heterocycles. The third-order valence-corrected chi connectivity index (χ3v) is 1.70. The van der Waals surface area contributed by atoms with Gasteiger partial charge in [-0.2, -0.15) is 0 Å². The van der Waals surface area contributed by atoms with E-state index in [0.29, 0.717) is 18.4 Å². The van der Waals surface area contributed by atoms with Crippen molar-refractivity contribution in [1.29, 1.82) is 0 Å². The fourth-order valence-electron chi connectivity index (χ4n) is 1.05. The van der Waals surface area contributed by atoms with Crippen molar-refractivity contribution < 1.29 is 14.7 Å². The Labute approximate surface area is 70.4 Å². The number of carboxylic acids is 1. The molecule has 0 aromatic carbocycles. The number of allylic oxidation sites excluding steroid dienone is 4. The first-order valence-corrected chi connectivity index (χ1v) is 3.81. The fraction of sp³-hybridized carbons (Fsp3) is 0.333. The molecule has 0 aromatic rings. The first-order chi connectivity index (χ1) is 5.70. The van der Waals surface area contributed by atoms with Crippen LogP contribution in [0.15, 0.2) is 23.8 Å². The Morgan fingerprint density at radius 3 is 2.92 bits per heavy atom. The second-order valence-corrected chi connectivity index (χ2v) is 2.64. The van der Waals surface area contributed by atoms with E-state index in [4.69, 9.17) is 5.11 Å². The van der Waals surface area contributed by atoms with Gasteiger partial charge in [0.2, 0.25) is 0 Å². The van der Waals surface area contributed by atoms with E-state index < -0.39 is 5.97 Å². The molecule has 1 rings (SSSR count). The Hall–Kier alpha value is -1.38. The average Bonchev–Trinajstić information content (AvgIpc) is 2.03. The largest absolute Gasteiger partial charge is 0.481 e. The molecule has 0 bridgehead atoms. The van der Waals surface area contributed by atoms with Gasteiger partial charge in [0, 0.05) is 12.8 Å². The van der Waals surface area contributed by atoms with Crippen molar-refractivity contribution in [3.05, 3.63) is 23.8 Å². The first kappa shape index (κ1) is 8.71. The molecule has 0 spiro atoms. The Morgan fingerprint density at radius 2 is 2.33 bits per heavy atom. The summed E-state index contributed by atoms with van der Waals surface area (Å²) in [5.41, 5.74) is 0.625. The molecular formula is C9H10O3. The number of carbonyl (C=O) groups is 2. The zero-order valence-electron chi connectivity index (χ0n) is 6.62. The van der Waals surface area contributed by atoms with E-state index in [9.17, 15) is 9.59 Å². The number of ketones is 1. The molecule has 3 nitrogen and oxygen atoms in total. The van der Waals surface area contributed by atoms with Crippen molar-refractivity contribution in [2.75, 3.05) is 0 Å². The second-order valence-electron chi connectivity index (χ2n) is 2.64. The Bertz CT molecular complexity index is 261. The predicted octanol–water partition coefficient (Wildman–Crippen LogP) is 1.31. The highest BCUT2D eigenvalue weighted by Gasteiger charge is 2.11. The number of rotatable bonds is 3. The molecule has 0 saturated heterocycles. The number of aliphatic carboxylic acids is 1. The van der Waals surface area contributed by atoms with E-state index in [0.717, 1.165) is 0 Å². The molecular weight excluding hydrogens is 156 g/mol. The predicted molar refractivity (Wildman–Crippen MR) is 43.7 cm³/mol. The van der Waals surface area contributed by atoms with Gasteiger partial charge in [-0.3, -0.25) is 9.59 Å². The van der Waals surface area contributed by atoms with Crippen LogP contribution in [0.4, 0.5) is 0 Å². The summed E-state index contributed by atoms with van der Waals surface area (Å²) in [6, 6.07) is 0. The molecule has 1 N–H and O–H groups in total. The van der Waals surface area contributed by atoms with Crippen LogP contribution in [0.25, 0.3) is 0 Å². The smallest absolute Gasteiger partial charge is 0.303 e. The summed E-state index contributed by atoms with van der Waals surface area (Å²) in [4.78, 5) is 21.3. The molecule has 64 valence electrons. The van der Waals surface area contributed by atoms with Gasteiger partial charge in [-0.15, -0.1) is 0 Å². The van der Waals surface area contributed by atoms with Gasteiger partial charge in [0.05, 0.1) is 0 Å². The third-order valence-electron chi connectivity index (χ3n) is 1.70. The minimum Gasteiger partial charge on any atom is -0.481 e. The van der Waals surface area contributed by atoms with Crippen LogP contribution in [-0.4, -0.2) is 16.9 Å². The highest BCUT2D eigenvalue weighted by molar-refractivity contribution is 5.97. The monoisotopic (exact) mass is 166 g/mol. The lowest BCUT2D eigenvalue weighted by Gasteiger charge is -2.05. The van der Waals surface area contributed by atoms with E-state index in [1.807, 2.05) is 0 Å². The van der Waals surface area contributed by atoms with Gasteiger partial charge in [0.15, 0.2) is 5.78 Å². The van der Waals surface area contributed by atoms with Crippen LogP contribution in [0.1, 0.15) is 19.3 Å². The van der Waals surface area contributed by atoms with Crippen molar-refractivity contribution in [1.82, 2.24) is 0 Å². The van der Waals surface area contributed by atoms with Gasteiger partial charge in [0.1, 0.15) is 0 Å². The van der Waals surface area contributed by atoms with Crippen LogP contribution in [-0.2, 0) is 9.59 Å². The van der Waals surface area contributed by atoms with Crippen molar-refractivity contribution in [2.45, 2.75) is 19.3 Å². The highest BCUT2D eigenvalue weighted by Crippen LogP contribution is 2.13. The van der Waals surface area contributed by atoms with Crippen LogP contribution in [0.5, 0.6) is 0 Å². The highest BCUT2D eigenvalue weighted by atomic mass is 16.4. The maximum Gasteiger partial charge on any atom is 0.303 e. The molecule has 1 aliphatic carbocycles. The Kier molecular flexibility index (Phi) is 2.80. The van der Waals surface area contributed by atoms with Gasteiger partial charge in [-0.05, 0) is 12.0 Å². The minimum absolute atomic E-state index is 0.0331. The molecule has 0 aromatic heterocycles. The summed E-state index contributed by atoms with van der Waals surface area (Å²) in [6.45, 7) is 0. The van der Waals surface area contributed by atoms with Gasteiger partial charge in [0.25, 0.3) is 0 Å². The normalized spacial score (nSPS) is 16.0. The molecule has 3 heteroatoms. The zero-order valence-corrected chi connectivity index (χ0v) is 6.62. The summed E-state index contributed by atoms with van der Waals surface area (Å²) < 4.78 is 0. The lowest BCUT2D eigenvalue weighted by molar-refractivity contribution is -0.136. The standard InChI is InChI=1S/C9H10O3/c10-8-4-2-1-3-7(8)5-6-9(11)12/h1-3H,4-6H2,(H,11,12). The topological polar surface area (TPSA) is 54.4 Å². The number of carbonyl (C=O) groups excluding carboxylic acids is 1. The quantitative estimate of drug-likeness (QED) is 0.687. The van der Waals surface area contributed by atoms with E-state index in [2.05, 4.69) is 0 Å². The van der Waals surface area contributed by atoms with Gasteiger partial charge >= 0.3 is 5.97 Å². The molecule has 0 aliphatic heterocycles. The van der Waals surface area contributed by atoms with Crippen molar-refractivity contribution in [2.24, 2.45) is 0 Å². The van der Waals surface area contributed by atoms with Gasteiger partial charge < -0.3 is 5.11 Å². The second kappa shape index (κ2) is 3.85. The molecule has 0 atom stereocenters. The fourth-order valence-corrected chi connectivity index (χ4v) is 1.05. The van der Waals surface area contributed by atoms with Crippen LogP contribution in [0.3, 0.4) is 0 Å². The number of hydrogen-bond donors (Lipinski definition) is 1. The van der Waals surface area contributed by atoms with E-state index in [1.165, 1.54) is 0 Å². The average molecular weight is 166 g/mol. The van der Waals surface area contributed by atoms with E-state index >= 15 is 0 Å². The molecule has 1 aliphatic rings. The number of carboxylic acid groups (broad SMARTS) is 1. The van der Waals surface area contributed by atoms with Crippen LogP contribution in [0.2, 0.25) is 0 Å². The zero-order chi connectivity index (χ0) is 8.97. The maximum absolute atomic E-state index is 11.1. The molecule has 0 fully saturated rings. The van der Waals surface area contributed by atoms with Crippen LogP contribution >= 0.6 is 0 Å². The van der Waals surface area contributed by atoms with E-state index in [-0.39, 0.29) is 12.2 Å². The first-order valence-electron chi connectivity index (χ1n) is 3.81. The molecule has 0 radical (unpaired) electrons. The minimum atomic E-state index is -0.863. The molecule has 0 amide bonds. The van der Waals surface area contributed by atoms with Crippen molar-refractivity contribution in [3.8, 4) is 0 Å².